The summed E-state index contributed by atoms with van der Waals surface area (Å²) in [7, 11) is 0. The molecular formula is C18H34O4. The van der Waals surface area contributed by atoms with E-state index >= 15 is 0 Å². The molecule has 130 valence electrons. The fourth-order valence-corrected chi connectivity index (χ4v) is 1.73. The van der Waals surface area contributed by atoms with Gasteiger partial charge in [-0.1, -0.05) is 6.92 Å². The zero-order valence-corrected chi connectivity index (χ0v) is 15.6. The molecule has 0 saturated heterocycles. The fraction of sp³-hybridized carbons (Fsp3) is 0.889. The van der Waals surface area contributed by atoms with Crippen molar-refractivity contribution in [2.45, 2.75) is 93.3 Å². The molecule has 0 aromatic heterocycles. The molecular weight excluding hydrogens is 280 g/mol. The van der Waals surface area contributed by atoms with Crippen molar-refractivity contribution in [1.29, 1.82) is 0 Å². The molecule has 4 nitrogen and oxygen atoms in total. The molecule has 0 aliphatic carbocycles. The highest BCUT2D eigenvalue weighted by Crippen LogP contribution is 2.21. The second kappa shape index (κ2) is 8.54. The molecule has 0 aromatic carbocycles. The van der Waals surface area contributed by atoms with Crippen molar-refractivity contribution in [3.63, 3.8) is 0 Å². The van der Waals surface area contributed by atoms with Crippen LogP contribution in [0.5, 0.6) is 0 Å². The molecule has 0 amide bonds. The first-order chi connectivity index (χ1) is 9.87. The highest BCUT2D eigenvalue weighted by molar-refractivity contribution is 5.75. The lowest BCUT2D eigenvalue weighted by atomic mass is 9.97. The van der Waals surface area contributed by atoms with Crippen LogP contribution in [0.15, 0.2) is 0 Å². The third kappa shape index (κ3) is 8.40. The number of hydrogen-bond acceptors (Lipinski definition) is 4. The lowest BCUT2D eigenvalue weighted by molar-refractivity contribution is -0.159. The largest absolute Gasteiger partial charge is 0.462 e. The van der Waals surface area contributed by atoms with Gasteiger partial charge >= 0.3 is 11.9 Å². The van der Waals surface area contributed by atoms with Crippen LogP contribution in [0, 0.1) is 10.8 Å². The highest BCUT2D eigenvalue weighted by Gasteiger charge is 2.26. The van der Waals surface area contributed by atoms with Crippen molar-refractivity contribution in [3.05, 3.63) is 0 Å². The summed E-state index contributed by atoms with van der Waals surface area (Å²) in [6.07, 6.45) is 3.09. The van der Waals surface area contributed by atoms with Gasteiger partial charge < -0.3 is 9.47 Å². The predicted octanol–water partition coefficient (Wildman–Crippen LogP) is 4.50. The van der Waals surface area contributed by atoms with Gasteiger partial charge in [0.05, 0.1) is 16.9 Å². The Bertz CT molecular complexity index is 360. The van der Waals surface area contributed by atoms with E-state index in [0.717, 1.165) is 25.7 Å². The zero-order valence-electron chi connectivity index (χ0n) is 15.6. The third-order valence-electron chi connectivity index (χ3n) is 3.40. The lowest BCUT2D eigenvalue weighted by Crippen LogP contribution is -2.28. The second-order valence-corrected chi connectivity index (χ2v) is 8.08. The van der Waals surface area contributed by atoms with E-state index in [4.69, 9.17) is 9.47 Å². The minimum absolute atomic E-state index is 0.0581. The van der Waals surface area contributed by atoms with Crippen molar-refractivity contribution in [1.82, 2.24) is 0 Å². The molecule has 0 aliphatic heterocycles. The van der Waals surface area contributed by atoms with Crippen LogP contribution in [0.25, 0.3) is 0 Å². The Hall–Kier alpha value is -1.06. The van der Waals surface area contributed by atoms with Crippen LogP contribution < -0.4 is 0 Å². The Kier molecular flexibility index (Phi) is 8.13. The molecule has 4 heteroatoms. The predicted molar refractivity (Wildman–Crippen MR) is 88.5 cm³/mol. The second-order valence-electron chi connectivity index (χ2n) is 8.08. The van der Waals surface area contributed by atoms with E-state index in [-0.39, 0.29) is 24.1 Å². The minimum Gasteiger partial charge on any atom is -0.462 e. The van der Waals surface area contributed by atoms with E-state index in [1.54, 1.807) is 0 Å². The Balaban J connectivity index is 4.16. The van der Waals surface area contributed by atoms with Crippen molar-refractivity contribution in [3.8, 4) is 0 Å². The van der Waals surface area contributed by atoms with E-state index in [0.29, 0.717) is 0 Å². The number of esters is 2. The van der Waals surface area contributed by atoms with Crippen molar-refractivity contribution < 1.29 is 19.1 Å². The van der Waals surface area contributed by atoms with Crippen molar-refractivity contribution in [2.75, 3.05) is 0 Å². The first-order valence-electron chi connectivity index (χ1n) is 8.30. The Morgan fingerprint density at radius 1 is 0.864 bits per heavy atom. The maximum atomic E-state index is 11.9. The van der Waals surface area contributed by atoms with E-state index in [1.165, 1.54) is 0 Å². The molecule has 22 heavy (non-hydrogen) atoms. The van der Waals surface area contributed by atoms with Crippen LogP contribution in [0.4, 0.5) is 0 Å². The van der Waals surface area contributed by atoms with Gasteiger partial charge in [-0.2, -0.15) is 0 Å². The SMILES string of the molecule is CCC(CCCC(C)OC(=O)C(C)(C)C)OC(=O)C(C)(C)C. The fourth-order valence-electron chi connectivity index (χ4n) is 1.73. The standard InChI is InChI=1S/C18H34O4/c1-9-14(22-16(20)18(6,7)8)12-10-11-13(2)21-15(19)17(3,4)5/h13-14H,9-12H2,1-8H3. The molecule has 0 radical (unpaired) electrons. The summed E-state index contributed by atoms with van der Waals surface area (Å²) < 4.78 is 11.0. The van der Waals surface area contributed by atoms with Gasteiger partial charge in [0.25, 0.3) is 0 Å². The first kappa shape index (κ1) is 20.9. The van der Waals surface area contributed by atoms with Crippen LogP contribution in [0.2, 0.25) is 0 Å². The molecule has 0 spiro atoms. The van der Waals surface area contributed by atoms with Gasteiger partial charge in [-0.25, -0.2) is 0 Å². The van der Waals surface area contributed by atoms with Gasteiger partial charge in [0.2, 0.25) is 0 Å². The normalized spacial score (nSPS) is 15.1. The average molecular weight is 314 g/mol. The molecule has 0 fully saturated rings. The van der Waals surface area contributed by atoms with E-state index < -0.39 is 10.8 Å². The highest BCUT2D eigenvalue weighted by atomic mass is 16.5. The van der Waals surface area contributed by atoms with Crippen LogP contribution >= 0.6 is 0 Å². The molecule has 0 heterocycles. The quantitative estimate of drug-likeness (QED) is 0.649. The number of rotatable bonds is 7. The molecule has 0 bridgehead atoms. The Labute approximate surface area is 135 Å². The number of carbonyl (C=O) groups excluding carboxylic acids is 2. The van der Waals surface area contributed by atoms with Gasteiger partial charge in [0.1, 0.15) is 6.10 Å². The van der Waals surface area contributed by atoms with Crippen LogP contribution in [0.3, 0.4) is 0 Å². The summed E-state index contributed by atoms with van der Waals surface area (Å²) in [6, 6.07) is 0. The molecule has 2 atom stereocenters. The summed E-state index contributed by atoms with van der Waals surface area (Å²) in [5.41, 5.74) is -0.939. The molecule has 0 aliphatic rings. The van der Waals surface area contributed by atoms with Crippen LogP contribution in [-0.2, 0) is 19.1 Å². The van der Waals surface area contributed by atoms with Gasteiger partial charge in [0, 0.05) is 0 Å². The smallest absolute Gasteiger partial charge is 0.311 e. The summed E-state index contributed by atoms with van der Waals surface area (Å²) in [5.74, 6) is -0.335. The molecule has 0 rings (SSSR count). The monoisotopic (exact) mass is 314 g/mol. The van der Waals surface area contributed by atoms with Gasteiger partial charge in [-0.15, -0.1) is 0 Å². The van der Waals surface area contributed by atoms with E-state index in [2.05, 4.69) is 0 Å². The first-order valence-corrected chi connectivity index (χ1v) is 8.30. The lowest BCUT2D eigenvalue weighted by Gasteiger charge is -2.24. The van der Waals surface area contributed by atoms with Gasteiger partial charge in [-0.05, 0) is 74.1 Å². The summed E-state index contributed by atoms with van der Waals surface area (Å²) in [5, 5.41) is 0. The molecule has 0 aromatic rings. The van der Waals surface area contributed by atoms with Crippen LogP contribution in [-0.4, -0.2) is 24.1 Å². The number of ether oxygens (including phenoxy) is 2. The number of carbonyl (C=O) groups is 2. The molecule has 0 saturated carbocycles. The molecule has 2 unspecified atom stereocenters. The van der Waals surface area contributed by atoms with Crippen LogP contribution in [0.1, 0.15) is 81.1 Å². The Morgan fingerprint density at radius 2 is 1.32 bits per heavy atom. The topological polar surface area (TPSA) is 52.6 Å². The van der Waals surface area contributed by atoms with E-state index in [1.807, 2.05) is 55.4 Å². The average Bonchev–Trinajstić information content (AvgIpc) is 2.34. The number of hydrogen-bond donors (Lipinski definition) is 0. The summed E-state index contributed by atoms with van der Waals surface area (Å²) >= 11 is 0. The maximum Gasteiger partial charge on any atom is 0.311 e. The van der Waals surface area contributed by atoms with E-state index in [9.17, 15) is 9.59 Å². The maximum absolute atomic E-state index is 11.9. The minimum atomic E-state index is -0.470. The van der Waals surface area contributed by atoms with Gasteiger partial charge in [-0.3, -0.25) is 9.59 Å². The zero-order chi connectivity index (χ0) is 17.6. The Morgan fingerprint density at radius 3 is 1.73 bits per heavy atom. The third-order valence-corrected chi connectivity index (χ3v) is 3.40. The van der Waals surface area contributed by atoms with Gasteiger partial charge in [0.15, 0.2) is 0 Å². The molecule has 0 N–H and O–H groups in total. The summed E-state index contributed by atoms with van der Waals surface area (Å²) in [4.78, 5) is 23.7. The summed E-state index contributed by atoms with van der Waals surface area (Å²) in [6.45, 7) is 15.0. The van der Waals surface area contributed by atoms with Crippen molar-refractivity contribution in [2.24, 2.45) is 10.8 Å². The van der Waals surface area contributed by atoms with Crippen molar-refractivity contribution >= 4 is 11.9 Å².